The van der Waals surface area contributed by atoms with Crippen LogP contribution >= 0.6 is 34.8 Å². The summed E-state index contributed by atoms with van der Waals surface area (Å²) in [6.45, 7) is 4.80. The maximum atomic E-state index is 6.24. The van der Waals surface area contributed by atoms with Gasteiger partial charge in [0.1, 0.15) is 0 Å². The largest absolute Gasteiger partial charge is 0.306 e. The second-order valence-corrected chi connectivity index (χ2v) is 5.91. The molecule has 0 spiro atoms. The maximum absolute atomic E-state index is 6.24. The molecule has 1 N–H and O–H groups in total. The van der Waals surface area contributed by atoms with Crippen LogP contribution in [0, 0.1) is 6.92 Å². The standard InChI is InChI=1S/C14H16Cl3N3/c1-8(11-4-5-12(15)14(17)13(11)16)18-6-10-7-19-20(3)9(10)2/h4-5,7-8,18H,6H2,1-3H3. The van der Waals surface area contributed by atoms with E-state index >= 15 is 0 Å². The third-order valence-corrected chi connectivity index (χ3v) is 4.78. The third kappa shape index (κ3) is 3.12. The Morgan fingerprint density at radius 3 is 2.55 bits per heavy atom. The molecule has 20 heavy (non-hydrogen) atoms. The van der Waals surface area contributed by atoms with Crippen molar-refractivity contribution in [2.75, 3.05) is 0 Å². The van der Waals surface area contributed by atoms with Crippen LogP contribution in [0.4, 0.5) is 0 Å². The minimum atomic E-state index is 0.0665. The van der Waals surface area contributed by atoms with Gasteiger partial charge in [-0.05, 0) is 25.5 Å². The molecule has 1 unspecified atom stereocenters. The second kappa shape index (κ2) is 6.35. The van der Waals surface area contributed by atoms with E-state index in [1.165, 1.54) is 0 Å². The summed E-state index contributed by atoms with van der Waals surface area (Å²) < 4.78 is 1.85. The van der Waals surface area contributed by atoms with Gasteiger partial charge in [-0.2, -0.15) is 5.10 Å². The van der Waals surface area contributed by atoms with Gasteiger partial charge in [0.05, 0.1) is 21.3 Å². The van der Waals surface area contributed by atoms with Gasteiger partial charge in [-0.25, -0.2) is 0 Å². The molecule has 0 aliphatic rings. The van der Waals surface area contributed by atoms with Gasteiger partial charge < -0.3 is 5.32 Å². The van der Waals surface area contributed by atoms with Crippen LogP contribution in [0.1, 0.15) is 29.8 Å². The van der Waals surface area contributed by atoms with Gasteiger partial charge in [0.2, 0.25) is 0 Å². The van der Waals surface area contributed by atoms with Crippen molar-refractivity contribution in [3.05, 3.63) is 50.2 Å². The minimum Gasteiger partial charge on any atom is -0.306 e. The van der Waals surface area contributed by atoms with Crippen LogP contribution in [0.5, 0.6) is 0 Å². The number of rotatable bonds is 4. The Balaban J connectivity index is 2.11. The third-order valence-electron chi connectivity index (χ3n) is 3.47. The molecular formula is C14H16Cl3N3. The van der Waals surface area contributed by atoms with Crippen LogP contribution < -0.4 is 5.32 Å². The minimum absolute atomic E-state index is 0.0665. The summed E-state index contributed by atoms with van der Waals surface area (Å²) in [5, 5.41) is 9.01. The van der Waals surface area contributed by atoms with Crippen molar-refractivity contribution in [2.24, 2.45) is 7.05 Å². The Hall–Kier alpha value is -0.740. The molecule has 0 aliphatic heterocycles. The first-order valence-electron chi connectivity index (χ1n) is 6.26. The molecule has 3 nitrogen and oxygen atoms in total. The first-order valence-corrected chi connectivity index (χ1v) is 7.39. The molecule has 1 heterocycles. The molecule has 0 radical (unpaired) electrons. The van der Waals surface area contributed by atoms with Gasteiger partial charge in [0, 0.05) is 30.9 Å². The van der Waals surface area contributed by atoms with Crippen molar-refractivity contribution >= 4 is 34.8 Å². The lowest BCUT2D eigenvalue weighted by molar-refractivity contribution is 0.573. The summed E-state index contributed by atoms with van der Waals surface area (Å²) in [7, 11) is 1.93. The second-order valence-electron chi connectivity index (χ2n) is 4.75. The van der Waals surface area contributed by atoms with Crippen molar-refractivity contribution < 1.29 is 0 Å². The number of benzene rings is 1. The zero-order valence-corrected chi connectivity index (χ0v) is 13.8. The molecule has 6 heteroatoms. The molecule has 0 amide bonds. The average molecular weight is 333 g/mol. The Morgan fingerprint density at radius 2 is 1.95 bits per heavy atom. The van der Waals surface area contributed by atoms with Crippen LogP contribution in [0.15, 0.2) is 18.3 Å². The van der Waals surface area contributed by atoms with E-state index < -0.39 is 0 Å². The highest BCUT2D eigenvalue weighted by atomic mass is 35.5. The zero-order chi connectivity index (χ0) is 14.9. The number of halogens is 3. The van der Waals surface area contributed by atoms with Gasteiger partial charge in [0.15, 0.2) is 0 Å². The van der Waals surface area contributed by atoms with Crippen molar-refractivity contribution in [3.63, 3.8) is 0 Å². The van der Waals surface area contributed by atoms with Gasteiger partial charge in [0.25, 0.3) is 0 Å². The number of hydrogen-bond acceptors (Lipinski definition) is 2. The lowest BCUT2D eigenvalue weighted by atomic mass is 10.1. The normalized spacial score (nSPS) is 12.7. The molecule has 0 bridgehead atoms. The fourth-order valence-corrected chi connectivity index (χ4v) is 2.67. The van der Waals surface area contributed by atoms with Crippen molar-refractivity contribution in [1.29, 1.82) is 0 Å². The topological polar surface area (TPSA) is 29.9 Å². The molecule has 2 rings (SSSR count). The molecule has 0 aliphatic carbocycles. The number of aryl methyl sites for hydroxylation is 1. The number of hydrogen-bond donors (Lipinski definition) is 1. The predicted molar refractivity (Wildman–Crippen MR) is 84.7 cm³/mol. The molecule has 0 saturated carbocycles. The molecule has 1 atom stereocenters. The van der Waals surface area contributed by atoms with E-state index in [9.17, 15) is 0 Å². The van der Waals surface area contributed by atoms with Crippen LogP contribution in [0.25, 0.3) is 0 Å². The van der Waals surface area contributed by atoms with Gasteiger partial charge in [-0.15, -0.1) is 0 Å². The Morgan fingerprint density at radius 1 is 1.25 bits per heavy atom. The monoisotopic (exact) mass is 331 g/mol. The predicted octanol–water partition coefficient (Wildman–Crippen LogP) is 4.54. The van der Waals surface area contributed by atoms with E-state index in [1.807, 2.05) is 37.8 Å². The first-order chi connectivity index (χ1) is 9.41. The van der Waals surface area contributed by atoms with Gasteiger partial charge >= 0.3 is 0 Å². The SMILES string of the molecule is Cc1c(CNC(C)c2ccc(Cl)c(Cl)c2Cl)cnn1C. The van der Waals surface area contributed by atoms with Crippen LogP contribution in [-0.2, 0) is 13.6 Å². The van der Waals surface area contributed by atoms with E-state index in [0.29, 0.717) is 15.1 Å². The molecule has 0 saturated heterocycles. The number of nitrogens with zero attached hydrogens (tertiary/aromatic N) is 2. The van der Waals surface area contributed by atoms with Crippen molar-refractivity contribution in [3.8, 4) is 0 Å². The Bertz CT molecular complexity index is 622. The average Bonchev–Trinajstić information content (AvgIpc) is 2.74. The van der Waals surface area contributed by atoms with E-state index in [-0.39, 0.29) is 6.04 Å². The summed E-state index contributed by atoms with van der Waals surface area (Å²) in [5.74, 6) is 0. The number of aromatic nitrogens is 2. The lowest BCUT2D eigenvalue weighted by Gasteiger charge is -2.16. The van der Waals surface area contributed by atoms with Gasteiger partial charge in [-0.1, -0.05) is 40.9 Å². The van der Waals surface area contributed by atoms with Crippen LogP contribution in [-0.4, -0.2) is 9.78 Å². The van der Waals surface area contributed by atoms with E-state index in [4.69, 9.17) is 34.8 Å². The molecule has 1 aromatic heterocycles. The summed E-state index contributed by atoms with van der Waals surface area (Å²) >= 11 is 18.2. The summed E-state index contributed by atoms with van der Waals surface area (Å²) in [6, 6.07) is 3.72. The highest BCUT2D eigenvalue weighted by Crippen LogP contribution is 2.35. The quantitative estimate of drug-likeness (QED) is 0.833. The van der Waals surface area contributed by atoms with E-state index in [1.54, 1.807) is 6.07 Å². The van der Waals surface area contributed by atoms with E-state index in [0.717, 1.165) is 23.4 Å². The van der Waals surface area contributed by atoms with Crippen molar-refractivity contribution in [2.45, 2.75) is 26.4 Å². The smallest absolute Gasteiger partial charge is 0.0781 e. The van der Waals surface area contributed by atoms with Gasteiger partial charge in [-0.3, -0.25) is 4.68 Å². The number of nitrogens with one attached hydrogen (secondary N) is 1. The molecule has 1 aromatic carbocycles. The summed E-state index contributed by atoms with van der Waals surface area (Å²) in [6.07, 6.45) is 1.87. The maximum Gasteiger partial charge on any atom is 0.0781 e. The van der Waals surface area contributed by atoms with E-state index in [2.05, 4.69) is 10.4 Å². The molecule has 108 valence electrons. The van der Waals surface area contributed by atoms with Crippen molar-refractivity contribution in [1.82, 2.24) is 15.1 Å². The van der Waals surface area contributed by atoms with Crippen LogP contribution in [0.3, 0.4) is 0 Å². The summed E-state index contributed by atoms with van der Waals surface area (Å²) in [5.41, 5.74) is 3.24. The molecular weight excluding hydrogens is 317 g/mol. The molecule has 2 aromatic rings. The fourth-order valence-electron chi connectivity index (χ4n) is 1.97. The first kappa shape index (κ1) is 15.6. The molecule has 0 fully saturated rings. The highest BCUT2D eigenvalue weighted by Gasteiger charge is 2.14. The highest BCUT2D eigenvalue weighted by molar-refractivity contribution is 6.48. The fraction of sp³-hybridized carbons (Fsp3) is 0.357. The lowest BCUT2D eigenvalue weighted by Crippen LogP contribution is -2.18. The van der Waals surface area contributed by atoms with Crippen LogP contribution in [0.2, 0.25) is 15.1 Å². The summed E-state index contributed by atoms with van der Waals surface area (Å²) in [4.78, 5) is 0. The Kier molecular flexibility index (Phi) is 4.97. The Labute approximate surface area is 133 Å². The zero-order valence-electron chi connectivity index (χ0n) is 11.5.